The molecule has 0 bridgehead atoms. The van der Waals surface area contributed by atoms with E-state index >= 15 is 0 Å². The average Bonchev–Trinajstić information content (AvgIpc) is 2.60. The number of hydrogen-bond donors (Lipinski definition) is 0. The number of hydrogen-bond acceptors (Lipinski definition) is 2. The molecule has 0 spiro atoms. The van der Waals surface area contributed by atoms with Crippen molar-refractivity contribution in [2.45, 2.75) is 33.6 Å². The highest BCUT2D eigenvalue weighted by molar-refractivity contribution is 5.91. The highest BCUT2D eigenvalue weighted by atomic mass is 16.1. The Morgan fingerprint density at radius 3 is 1.76 bits per heavy atom. The van der Waals surface area contributed by atoms with Crippen LogP contribution < -0.4 is 0 Å². The normalized spacial score (nSPS) is 12.1. The van der Waals surface area contributed by atoms with Crippen LogP contribution in [0.15, 0.2) is 65.7 Å². The molecule has 0 aromatic heterocycles. The smallest absolute Gasteiger partial charge is 0.250 e. The molecule has 1 amide bonds. The van der Waals surface area contributed by atoms with Gasteiger partial charge in [0.25, 0.3) is 5.91 Å². The van der Waals surface area contributed by atoms with Gasteiger partial charge in [0.15, 0.2) is 0 Å². The summed E-state index contributed by atoms with van der Waals surface area (Å²) in [5.41, 5.74) is 0.685. The molecule has 2 rings (SSSR count). The number of carbonyl (C=O) groups is 1. The van der Waals surface area contributed by atoms with Gasteiger partial charge in [-0.05, 0) is 24.0 Å². The van der Waals surface area contributed by atoms with E-state index in [0.717, 1.165) is 11.1 Å². The van der Waals surface area contributed by atoms with Crippen molar-refractivity contribution in [3.63, 3.8) is 0 Å². The Morgan fingerprint density at radius 1 is 0.960 bits per heavy atom. The molecule has 2 aromatic carbocycles. The van der Waals surface area contributed by atoms with E-state index in [-0.39, 0.29) is 5.91 Å². The summed E-state index contributed by atoms with van der Waals surface area (Å²) in [4.78, 5) is 16.4. The molecule has 0 unspecified atom stereocenters. The molecule has 0 radical (unpaired) electrons. The standard InChI is InChI=1S/C22H24N2O/c1-21(2,3)20(25)24-17-22(16-23,14-18-10-6-4-7-11-18)15-19-12-8-5-9-13-19/h4-13,17H,14-15H2,1-3H3. The van der Waals surface area contributed by atoms with Crippen LogP contribution >= 0.6 is 0 Å². The van der Waals surface area contributed by atoms with Crippen LogP contribution in [0.5, 0.6) is 0 Å². The van der Waals surface area contributed by atoms with E-state index in [1.54, 1.807) is 6.21 Å². The van der Waals surface area contributed by atoms with Crippen LogP contribution in [0.25, 0.3) is 0 Å². The van der Waals surface area contributed by atoms with Gasteiger partial charge in [-0.25, -0.2) is 4.99 Å². The first kappa shape index (κ1) is 18.6. The number of nitriles is 1. The van der Waals surface area contributed by atoms with E-state index in [1.165, 1.54) is 0 Å². The predicted octanol–water partition coefficient (Wildman–Crippen LogP) is 4.63. The van der Waals surface area contributed by atoms with Gasteiger partial charge in [-0.2, -0.15) is 5.26 Å². The minimum absolute atomic E-state index is 0.215. The van der Waals surface area contributed by atoms with Crippen LogP contribution in [0.2, 0.25) is 0 Å². The van der Waals surface area contributed by atoms with E-state index < -0.39 is 10.8 Å². The summed E-state index contributed by atoms with van der Waals surface area (Å²) < 4.78 is 0. The van der Waals surface area contributed by atoms with Crippen LogP contribution in [-0.4, -0.2) is 12.1 Å². The molecule has 0 N–H and O–H groups in total. The molecule has 0 saturated carbocycles. The molecule has 0 heterocycles. The van der Waals surface area contributed by atoms with Gasteiger partial charge in [-0.15, -0.1) is 0 Å². The van der Waals surface area contributed by atoms with Crippen molar-refractivity contribution < 1.29 is 4.79 Å². The first-order valence-electron chi connectivity index (χ1n) is 8.43. The molecule has 3 nitrogen and oxygen atoms in total. The number of amides is 1. The molecule has 25 heavy (non-hydrogen) atoms. The predicted molar refractivity (Wildman–Crippen MR) is 101 cm³/mol. The summed E-state index contributed by atoms with van der Waals surface area (Å²) in [6, 6.07) is 22.1. The lowest BCUT2D eigenvalue weighted by Gasteiger charge is -2.23. The van der Waals surface area contributed by atoms with E-state index in [4.69, 9.17) is 0 Å². The third-order valence-electron chi connectivity index (χ3n) is 4.02. The average molecular weight is 332 g/mol. The van der Waals surface area contributed by atoms with Crippen LogP contribution in [0.3, 0.4) is 0 Å². The van der Waals surface area contributed by atoms with Gasteiger partial charge < -0.3 is 0 Å². The Kier molecular flexibility index (Phi) is 5.88. The first-order chi connectivity index (χ1) is 11.8. The molecule has 0 atom stereocenters. The zero-order valence-electron chi connectivity index (χ0n) is 15.1. The SMILES string of the molecule is CC(C)(C)C(=O)N=CC(C#N)(Cc1ccccc1)Cc1ccccc1. The third-order valence-corrected chi connectivity index (χ3v) is 4.02. The molecule has 0 saturated heterocycles. The zero-order chi connectivity index (χ0) is 18.3. The number of carbonyl (C=O) groups excluding carboxylic acids is 1. The quantitative estimate of drug-likeness (QED) is 0.750. The summed E-state index contributed by atoms with van der Waals surface area (Å²) >= 11 is 0. The monoisotopic (exact) mass is 332 g/mol. The Labute approximate surface area is 150 Å². The van der Waals surface area contributed by atoms with Gasteiger partial charge in [-0.3, -0.25) is 4.79 Å². The number of aliphatic imine (C=N–C) groups is 1. The molecular formula is C22H24N2O. The van der Waals surface area contributed by atoms with Gasteiger partial charge in [0, 0.05) is 11.6 Å². The van der Waals surface area contributed by atoms with Crippen molar-refractivity contribution in [1.82, 2.24) is 0 Å². The van der Waals surface area contributed by atoms with Gasteiger partial charge in [0.05, 0.1) is 6.07 Å². The Balaban J connectivity index is 2.36. The van der Waals surface area contributed by atoms with Gasteiger partial charge in [0.2, 0.25) is 0 Å². The lowest BCUT2D eigenvalue weighted by Crippen LogP contribution is -2.28. The van der Waals surface area contributed by atoms with Crippen LogP contribution in [-0.2, 0) is 17.6 Å². The Bertz CT molecular complexity index is 724. The third kappa shape index (κ3) is 5.39. The number of nitrogens with zero attached hydrogens (tertiary/aromatic N) is 2. The van der Waals surface area contributed by atoms with Gasteiger partial charge >= 0.3 is 0 Å². The van der Waals surface area contributed by atoms with Crippen molar-refractivity contribution in [3.05, 3.63) is 71.8 Å². The van der Waals surface area contributed by atoms with Crippen molar-refractivity contribution in [1.29, 1.82) is 5.26 Å². The zero-order valence-corrected chi connectivity index (χ0v) is 15.1. The fourth-order valence-electron chi connectivity index (χ4n) is 2.56. The fraction of sp³-hybridized carbons (Fsp3) is 0.318. The Hall–Kier alpha value is -2.73. The summed E-state index contributed by atoms with van der Waals surface area (Å²) in [6.45, 7) is 5.49. The van der Waals surface area contributed by atoms with Crippen molar-refractivity contribution in [2.24, 2.45) is 15.8 Å². The molecule has 2 aromatic rings. The second-order valence-corrected chi connectivity index (χ2v) is 7.41. The number of rotatable bonds is 5. The maximum atomic E-state index is 12.2. The van der Waals surface area contributed by atoms with Crippen molar-refractivity contribution in [2.75, 3.05) is 0 Å². The molecule has 0 aliphatic rings. The second-order valence-electron chi connectivity index (χ2n) is 7.41. The highest BCUT2D eigenvalue weighted by Crippen LogP contribution is 2.27. The van der Waals surface area contributed by atoms with Crippen molar-refractivity contribution >= 4 is 12.1 Å². The topological polar surface area (TPSA) is 53.2 Å². The maximum absolute atomic E-state index is 12.2. The summed E-state index contributed by atoms with van der Waals surface area (Å²) in [5.74, 6) is -0.215. The molecule has 3 heteroatoms. The lowest BCUT2D eigenvalue weighted by atomic mass is 9.78. The van der Waals surface area contributed by atoms with E-state index in [0.29, 0.717) is 12.8 Å². The Morgan fingerprint density at radius 2 is 1.40 bits per heavy atom. The molecule has 128 valence electrons. The van der Waals surface area contributed by atoms with E-state index in [2.05, 4.69) is 11.1 Å². The first-order valence-corrected chi connectivity index (χ1v) is 8.43. The lowest BCUT2D eigenvalue weighted by molar-refractivity contribution is -0.124. The van der Waals surface area contributed by atoms with Crippen LogP contribution in [0.4, 0.5) is 0 Å². The minimum Gasteiger partial charge on any atom is -0.272 e. The van der Waals surface area contributed by atoms with E-state index in [9.17, 15) is 10.1 Å². The van der Waals surface area contributed by atoms with Gasteiger partial charge in [0.1, 0.15) is 5.41 Å². The molecule has 0 aliphatic heterocycles. The van der Waals surface area contributed by atoms with Crippen molar-refractivity contribution in [3.8, 4) is 6.07 Å². The minimum atomic E-state index is -0.858. The van der Waals surface area contributed by atoms with Crippen LogP contribution in [0, 0.1) is 22.2 Å². The summed E-state index contributed by atoms with van der Waals surface area (Å²) in [6.07, 6.45) is 2.58. The highest BCUT2D eigenvalue weighted by Gasteiger charge is 2.30. The summed E-state index contributed by atoms with van der Waals surface area (Å²) in [7, 11) is 0. The van der Waals surface area contributed by atoms with Gasteiger partial charge in [-0.1, -0.05) is 81.4 Å². The molecule has 0 aliphatic carbocycles. The maximum Gasteiger partial charge on any atom is 0.250 e. The van der Waals surface area contributed by atoms with E-state index in [1.807, 2.05) is 81.4 Å². The molecule has 0 fully saturated rings. The number of benzene rings is 2. The fourth-order valence-corrected chi connectivity index (χ4v) is 2.56. The molecular weight excluding hydrogens is 308 g/mol. The summed E-state index contributed by atoms with van der Waals surface area (Å²) in [5, 5.41) is 9.96. The second kappa shape index (κ2) is 7.90. The van der Waals surface area contributed by atoms with Crippen LogP contribution in [0.1, 0.15) is 31.9 Å². The largest absolute Gasteiger partial charge is 0.272 e.